The molecular weight excluding hydrogens is 345 g/mol. The van der Waals surface area contributed by atoms with Crippen molar-refractivity contribution < 1.29 is 43.2 Å². The third-order valence-electron chi connectivity index (χ3n) is 3.40. The molecule has 0 aromatic rings. The van der Waals surface area contributed by atoms with Crippen LogP contribution in [0.25, 0.3) is 0 Å². The topological polar surface area (TPSA) is 144 Å². The second-order valence-corrected chi connectivity index (χ2v) is 7.16. The summed E-state index contributed by atoms with van der Waals surface area (Å²) < 4.78 is 32.0. The van der Waals surface area contributed by atoms with Crippen LogP contribution in [0.2, 0.25) is 0 Å². The maximum absolute atomic E-state index is 11.8. The Kier molecular flexibility index (Phi) is 8.48. The lowest BCUT2D eigenvalue weighted by Gasteiger charge is -2.42. The van der Waals surface area contributed by atoms with Crippen LogP contribution in [0.4, 0.5) is 0 Å². The van der Waals surface area contributed by atoms with Crippen LogP contribution in [0.5, 0.6) is 0 Å². The van der Waals surface area contributed by atoms with Gasteiger partial charge >= 0.3 is 7.60 Å². The lowest BCUT2D eigenvalue weighted by molar-refractivity contribution is -0.267. The molecule has 0 saturated carbocycles. The van der Waals surface area contributed by atoms with Gasteiger partial charge < -0.3 is 39.2 Å². The highest BCUT2D eigenvalue weighted by atomic mass is 31.2. The standard InChI is InChI=1S/C13H24NO9P/c1-8(16)14-10-12(18)11(17)9(7-15)23-13(10)22-5-4-6-24(19,20-2)21-3/h4,6,9-13,15,17-18H,5,7H2,1-3H3,(H,14,16)/b6-4+/t9-,10-,11-,12-,13-/m1/s1. The highest BCUT2D eigenvalue weighted by Crippen LogP contribution is 2.47. The molecule has 24 heavy (non-hydrogen) atoms. The van der Waals surface area contributed by atoms with Gasteiger partial charge in [0, 0.05) is 27.0 Å². The Morgan fingerprint density at radius 2 is 1.92 bits per heavy atom. The van der Waals surface area contributed by atoms with Crippen molar-refractivity contribution in [3.8, 4) is 0 Å². The molecule has 1 fully saturated rings. The molecule has 1 rings (SSSR count). The molecular formula is C13H24NO9P. The Morgan fingerprint density at radius 3 is 2.42 bits per heavy atom. The summed E-state index contributed by atoms with van der Waals surface area (Å²) in [6.07, 6.45) is -3.60. The number of aliphatic hydroxyl groups excluding tert-OH is 3. The molecule has 0 aromatic carbocycles. The Bertz CT molecular complexity index is 478. The highest BCUT2D eigenvalue weighted by molar-refractivity contribution is 7.57. The number of hydrogen-bond acceptors (Lipinski definition) is 9. The number of ether oxygens (including phenoxy) is 2. The number of aliphatic hydroxyl groups is 3. The van der Waals surface area contributed by atoms with Gasteiger partial charge in [-0.2, -0.15) is 0 Å². The largest absolute Gasteiger partial charge is 0.394 e. The molecule has 10 nitrogen and oxygen atoms in total. The van der Waals surface area contributed by atoms with E-state index in [1.165, 1.54) is 33.0 Å². The zero-order valence-corrected chi connectivity index (χ0v) is 14.6. The third-order valence-corrected chi connectivity index (χ3v) is 5.00. The van der Waals surface area contributed by atoms with Crippen LogP contribution >= 0.6 is 7.60 Å². The summed E-state index contributed by atoms with van der Waals surface area (Å²) in [6, 6.07) is -1.04. The van der Waals surface area contributed by atoms with E-state index < -0.39 is 50.8 Å². The molecule has 1 saturated heterocycles. The normalized spacial score (nSPS) is 31.3. The minimum atomic E-state index is -3.33. The quantitative estimate of drug-likeness (QED) is 0.394. The maximum Gasteiger partial charge on any atom is 0.353 e. The molecule has 11 heteroatoms. The molecule has 4 N–H and O–H groups in total. The van der Waals surface area contributed by atoms with E-state index in [1.807, 2.05) is 0 Å². The van der Waals surface area contributed by atoms with E-state index in [-0.39, 0.29) is 6.61 Å². The molecule has 1 heterocycles. The number of amides is 1. The van der Waals surface area contributed by atoms with E-state index in [4.69, 9.17) is 18.5 Å². The number of carbonyl (C=O) groups is 1. The van der Waals surface area contributed by atoms with E-state index >= 15 is 0 Å². The molecule has 0 spiro atoms. The Hall–Kier alpha value is -0.840. The van der Waals surface area contributed by atoms with Crippen molar-refractivity contribution in [2.45, 2.75) is 37.6 Å². The highest BCUT2D eigenvalue weighted by Gasteiger charge is 2.45. The smallest absolute Gasteiger partial charge is 0.353 e. The van der Waals surface area contributed by atoms with Crippen LogP contribution < -0.4 is 5.32 Å². The fourth-order valence-electron chi connectivity index (χ4n) is 2.13. The van der Waals surface area contributed by atoms with Crippen molar-refractivity contribution in [3.05, 3.63) is 11.9 Å². The van der Waals surface area contributed by atoms with Gasteiger partial charge in [-0.25, -0.2) is 0 Å². The fourth-order valence-corrected chi connectivity index (χ4v) is 2.87. The number of rotatable bonds is 8. The molecule has 0 bridgehead atoms. The predicted octanol–water partition coefficient (Wildman–Crippen LogP) is -1.05. The summed E-state index contributed by atoms with van der Waals surface area (Å²) in [5.41, 5.74) is 0. The van der Waals surface area contributed by atoms with Gasteiger partial charge in [-0.3, -0.25) is 9.36 Å². The maximum atomic E-state index is 11.8. The van der Waals surface area contributed by atoms with Gasteiger partial charge in [-0.1, -0.05) is 6.08 Å². The minimum Gasteiger partial charge on any atom is -0.394 e. The summed E-state index contributed by atoms with van der Waals surface area (Å²) in [5, 5.41) is 31.5. The van der Waals surface area contributed by atoms with E-state index in [1.54, 1.807) is 0 Å². The molecule has 0 aromatic heterocycles. The Labute approximate surface area is 139 Å². The molecule has 140 valence electrons. The first-order valence-electron chi connectivity index (χ1n) is 7.18. The molecule has 0 radical (unpaired) electrons. The average Bonchev–Trinajstić information content (AvgIpc) is 2.56. The van der Waals surface area contributed by atoms with Crippen LogP contribution in [-0.2, 0) is 27.9 Å². The minimum absolute atomic E-state index is 0.0988. The van der Waals surface area contributed by atoms with Gasteiger partial charge in [0.25, 0.3) is 0 Å². The lowest BCUT2D eigenvalue weighted by atomic mass is 9.97. The summed E-state index contributed by atoms with van der Waals surface area (Å²) >= 11 is 0. The second kappa shape index (κ2) is 9.59. The first kappa shape index (κ1) is 21.2. The molecule has 5 atom stereocenters. The number of nitrogens with one attached hydrogen (secondary N) is 1. The molecule has 1 aliphatic rings. The van der Waals surface area contributed by atoms with E-state index in [9.17, 15) is 24.7 Å². The SMILES string of the molecule is COP(=O)(/C=C/CO[C@@H]1O[C@H](CO)[C@@H](O)[C@H](O)[C@H]1NC(C)=O)OC. The summed E-state index contributed by atoms with van der Waals surface area (Å²) in [5.74, 6) is 0.739. The van der Waals surface area contributed by atoms with Crippen molar-refractivity contribution in [2.24, 2.45) is 0 Å². The Balaban J connectivity index is 2.75. The molecule has 1 amide bonds. The zero-order chi connectivity index (χ0) is 18.3. The van der Waals surface area contributed by atoms with Crippen molar-refractivity contribution in [1.29, 1.82) is 0 Å². The molecule has 1 aliphatic heterocycles. The average molecular weight is 369 g/mol. The zero-order valence-electron chi connectivity index (χ0n) is 13.7. The van der Waals surface area contributed by atoms with Crippen LogP contribution in [-0.4, -0.2) is 79.3 Å². The van der Waals surface area contributed by atoms with Crippen molar-refractivity contribution >= 4 is 13.5 Å². The summed E-state index contributed by atoms with van der Waals surface area (Å²) in [4.78, 5) is 11.3. The summed E-state index contributed by atoms with van der Waals surface area (Å²) in [7, 11) is -0.865. The molecule has 0 unspecified atom stereocenters. The Morgan fingerprint density at radius 1 is 1.29 bits per heavy atom. The van der Waals surface area contributed by atoms with Gasteiger partial charge in [0.15, 0.2) is 6.29 Å². The van der Waals surface area contributed by atoms with E-state index in [2.05, 4.69) is 5.32 Å². The molecule has 0 aliphatic carbocycles. The predicted molar refractivity (Wildman–Crippen MR) is 82.1 cm³/mol. The van der Waals surface area contributed by atoms with Crippen molar-refractivity contribution in [2.75, 3.05) is 27.4 Å². The van der Waals surface area contributed by atoms with Crippen LogP contribution in [0.1, 0.15) is 6.92 Å². The lowest BCUT2D eigenvalue weighted by Crippen LogP contribution is -2.64. The van der Waals surface area contributed by atoms with E-state index in [0.29, 0.717) is 0 Å². The second-order valence-electron chi connectivity index (χ2n) is 5.06. The van der Waals surface area contributed by atoms with E-state index in [0.717, 1.165) is 0 Å². The van der Waals surface area contributed by atoms with Crippen LogP contribution in [0.3, 0.4) is 0 Å². The van der Waals surface area contributed by atoms with Crippen molar-refractivity contribution in [1.82, 2.24) is 5.32 Å². The van der Waals surface area contributed by atoms with Gasteiger partial charge in [0.2, 0.25) is 5.91 Å². The van der Waals surface area contributed by atoms with Gasteiger partial charge in [0.05, 0.1) is 13.2 Å². The van der Waals surface area contributed by atoms with Crippen LogP contribution in [0.15, 0.2) is 11.9 Å². The van der Waals surface area contributed by atoms with Crippen molar-refractivity contribution in [3.63, 3.8) is 0 Å². The van der Waals surface area contributed by atoms with Gasteiger partial charge in [0.1, 0.15) is 24.4 Å². The van der Waals surface area contributed by atoms with Crippen LogP contribution in [0, 0.1) is 0 Å². The first-order chi connectivity index (χ1) is 11.3. The number of carbonyl (C=O) groups excluding carboxylic acids is 1. The summed E-state index contributed by atoms with van der Waals surface area (Å²) in [6.45, 7) is 0.601. The fraction of sp³-hybridized carbons (Fsp3) is 0.769. The first-order valence-corrected chi connectivity index (χ1v) is 8.79. The van der Waals surface area contributed by atoms with Gasteiger partial charge in [-0.15, -0.1) is 0 Å². The number of hydrogen-bond donors (Lipinski definition) is 4. The third kappa shape index (κ3) is 5.61. The van der Waals surface area contributed by atoms with Gasteiger partial charge in [-0.05, 0) is 0 Å². The monoisotopic (exact) mass is 369 g/mol.